The summed E-state index contributed by atoms with van der Waals surface area (Å²) in [4.78, 5) is 9.58. The van der Waals surface area contributed by atoms with Crippen molar-refractivity contribution in [2.45, 2.75) is 38.6 Å². The van der Waals surface area contributed by atoms with Gasteiger partial charge in [0.1, 0.15) is 11.7 Å². The monoisotopic (exact) mass is 287 g/mol. The fourth-order valence-electron chi connectivity index (χ4n) is 3.51. The molecule has 2 aliphatic rings. The number of hydrogen-bond acceptors (Lipinski definition) is 4. The summed E-state index contributed by atoms with van der Waals surface area (Å²) in [6.07, 6.45) is 5.23. The first-order chi connectivity index (χ1) is 10.1. The van der Waals surface area contributed by atoms with E-state index in [-0.39, 0.29) is 5.84 Å². The van der Waals surface area contributed by atoms with E-state index in [9.17, 15) is 0 Å². The molecule has 21 heavy (non-hydrogen) atoms. The van der Waals surface area contributed by atoms with Gasteiger partial charge >= 0.3 is 0 Å². The lowest BCUT2D eigenvalue weighted by Crippen LogP contribution is -2.41. The zero-order valence-electron chi connectivity index (χ0n) is 12.8. The third-order valence-electron chi connectivity index (χ3n) is 4.67. The summed E-state index contributed by atoms with van der Waals surface area (Å²) in [5.74, 6) is 1.00. The van der Waals surface area contributed by atoms with Crippen molar-refractivity contribution >= 4 is 11.7 Å². The second kappa shape index (κ2) is 6.02. The summed E-state index contributed by atoms with van der Waals surface area (Å²) in [5, 5.41) is 7.76. The number of nitrogen functional groups attached to an aromatic ring is 1. The van der Waals surface area contributed by atoms with Gasteiger partial charge in [-0.15, -0.1) is 0 Å². The highest BCUT2D eigenvalue weighted by atomic mass is 15.3. The van der Waals surface area contributed by atoms with E-state index in [0.29, 0.717) is 6.04 Å². The highest BCUT2D eigenvalue weighted by molar-refractivity contribution is 5.99. The van der Waals surface area contributed by atoms with Crippen molar-refractivity contribution < 1.29 is 0 Å². The molecular weight excluding hydrogens is 262 g/mol. The number of rotatable bonds is 3. The van der Waals surface area contributed by atoms with Crippen LogP contribution in [-0.2, 0) is 0 Å². The maximum absolute atomic E-state index is 7.76. The zero-order valence-corrected chi connectivity index (χ0v) is 12.8. The molecular formula is C16H25N5. The molecule has 1 aromatic heterocycles. The average Bonchev–Trinajstić information content (AvgIpc) is 2.97. The van der Waals surface area contributed by atoms with Gasteiger partial charge < -0.3 is 10.6 Å². The van der Waals surface area contributed by atoms with E-state index in [1.807, 2.05) is 19.1 Å². The second-order valence-corrected chi connectivity index (χ2v) is 6.22. The number of pyridine rings is 1. The Kier molecular flexibility index (Phi) is 4.10. The Morgan fingerprint density at radius 1 is 1.24 bits per heavy atom. The first-order valence-corrected chi connectivity index (χ1v) is 7.96. The van der Waals surface area contributed by atoms with E-state index < -0.39 is 0 Å². The van der Waals surface area contributed by atoms with Crippen LogP contribution in [0.1, 0.15) is 36.9 Å². The maximum atomic E-state index is 7.76. The Bertz CT molecular complexity index is 521. The Balaban J connectivity index is 1.76. The Hall–Kier alpha value is -1.62. The van der Waals surface area contributed by atoms with Gasteiger partial charge in [-0.1, -0.05) is 6.42 Å². The first-order valence-electron chi connectivity index (χ1n) is 7.96. The molecule has 2 saturated heterocycles. The molecule has 3 rings (SSSR count). The summed E-state index contributed by atoms with van der Waals surface area (Å²) >= 11 is 0. The predicted molar refractivity (Wildman–Crippen MR) is 86.0 cm³/mol. The molecule has 0 aliphatic carbocycles. The predicted octanol–water partition coefficient (Wildman–Crippen LogP) is 1.74. The molecule has 0 radical (unpaired) electrons. The molecule has 5 nitrogen and oxygen atoms in total. The summed E-state index contributed by atoms with van der Waals surface area (Å²) < 4.78 is 0. The van der Waals surface area contributed by atoms with Gasteiger partial charge in [0, 0.05) is 24.8 Å². The fraction of sp³-hybridized carbons (Fsp3) is 0.625. The summed E-state index contributed by atoms with van der Waals surface area (Å²) in [7, 11) is 0. The van der Waals surface area contributed by atoms with Crippen LogP contribution in [-0.4, -0.2) is 47.9 Å². The summed E-state index contributed by atoms with van der Waals surface area (Å²) in [5.41, 5.74) is 7.46. The molecule has 5 heteroatoms. The Morgan fingerprint density at radius 2 is 2.00 bits per heavy atom. The van der Waals surface area contributed by atoms with Crippen molar-refractivity contribution in [2.75, 3.05) is 31.1 Å². The Labute approximate surface area is 126 Å². The van der Waals surface area contributed by atoms with Crippen molar-refractivity contribution in [2.24, 2.45) is 5.73 Å². The van der Waals surface area contributed by atoms with Crippen molar-refractivity contribution in [3.8, 4) is 0 Å². The minimum Gasteiger partial charge on any atom is -0.384 e. The molecule has 3 heterocycles. The van der Waals surface area contributed by atoms with Gasteiger partial charge in [-0.2, -0.15) is 0 Å². The molecule has 0 bridgehead atoms. The van der Waals surface area contributed by atoms with Gasteiger partial charge in [0.15, 0.2) is 0 Å². The number of nitrogens with one attached hydrogen (secondary N) is 1. The lowest BCUT2D eigenvalue weighted by atomic mass is 10.1. The van der Waals surface area contributed by atoms with Crippen LogP contribution in [0.15, 0.2) is 12.1 Å². The minimum absolute atomic E-state index is 0.110. The molecule has 2 aliphatic heterocycles. The third kappa shape index (κ3) is 3.02. The number of amidine groups is 1. The van der Waals surface area contributed by atoms with Gasteiger partial charge in [-0.3, -0.25) is 10.3 Å². The third-order valence-corrected chi connectivity index (χ3v) is 4.67. The first kappa shape index (κ1) is 14.3. The van der Waals surface area contributed by atoms with Crippen LogP contribution in [0.4, 0.5) is 5.82 Å². The molecule has 3 N–H and O–H groups in total. The number of likely N-dealkylation sites (tertiary alicyclic amines) is 1. The SMILES string of the molecule is Cc1ccc(C(=N)N)c(N2CCC(N3CCCCC3)C2)n1. The van der Waals surface area contributed by atoms with Crippen LogP contribution >= 0.6 is 0 Å². The fourth-order valence-corrected chi connectivity index (χ4v) is 3.51. The van der Waals surface area contributed by atoms with Crippen molar-refractivity contribution in [1.82, 2.24) is 9.88 Å². The molecule has 1 aromatic rings. The number of aryl methyl sites for hydroxylation is 1. The van der Waals surface area contributed by atoms with Crippen LogP contribution in [0.3, 0.4) is 0 Å². The van der Waals surface area contributed by atoms with E-state index in [2.05, 4.69) is 14.8 Å². The molecule has 114 valence electrons. The quantitative estimate of drug-likeness (QED) is 0.656. The van der Waals surface area contributed by atoms with Gasteiger partial charge in [-0.25, -0.2) is 4.98 Å². The number of anilines is 1. The number of piperidine rings is 1. The maximum Gasteiger partial charge on any atom is 0.139 e. The van der Waals surface area contributed by atoms with Crippen molar-refractivity contribution in [1.29, 1.82) is 5.41 Å². The van der Waals surface area contributed by atoms with Crippen LogP contribution in [0.2, 0.25) is 0 Å². The molecule has 0 aromatic carbocycles. The zero-order chi connectivity index (χ0) is 14.8. The molecule has 1 unspecified atom stereocenters. The van der Waals surface area contributed by atoms with Crippen LogP contribution in [0.5, 0.6) is 0 Å². The van der Waals surface area contributed by atoms with Gasteiger partial charge in [0.25, 0.3) is 0 Å². The second-order valence-electron chi connectivity index (χ2n) is 6.22. The minimum atomic E-state index is 0.110. The number of hydrogen-bond donors (Lipinski definition) is 2. The molecule has 1 atom stereocenters. The number of nitrogens with two attached hydrogens (primary N) is 1. The van der Waals surface area contributed by atoms with E-state index in [0.717, 1.165) is 30.2 Å². The van der Waals surface area contributed by atoms with Crippen molar-refractivity contribution in [3.63, 3.8) is 0 Å². The topological polar surface area (TPSA) is 69.2 Å². The highest BCUT2D eigenvalue weighted by Crippen LogP contribution is 2.26. The smallest absolute Gasteiger partial charge is 0.139 e. The molecule has 2 fully saturated rings. The van der Waals surface area contributed by atoms with Gasteiger partial charge in [0.2, 0.25) is 0 Å². The standard InChI is InChI=1S/C16H25N5/c1-12-5-6-14(15(17)18)16(19-12)21-10-7-13(11-21)20-8-3-2-4-9-20/h5-6,13H,2-4,7-11H2,1H3,(H3,17,18). The largest absolute Gasteiger partial charge is 0.384 e. The molecule has 0 amide bonds. The molecule has 0 spiro atoms. The highest BCUT2D eigenvalue weighted by Gasteiger charge is 2.30. The average molecular weight is 287 g/mol. The van der Waals surface area contributed by atoms with Crippen LogP contribution in [0.25, 0.3) is 0 Å². The summed E-state index contributed by atoms with van der Waals surface area (Å²) in [6.45, 7) is 6.48. The van der Waals surface area contributed by atoms with E-state index >= 15 is 0 Å². The van der Waals surface area contributed by atoms with Crippen molar-refractivity contribution in [3.05, 3.63) is 23.4 Å². The van der Waals surface area contributed by atoms with Gasteiger partial charge in [0.05, 0.1) is 5.56 Å². The normalized spacial score (nSPS) is 23.5. The van der Waals surface area contributed by atoms with Crippen LogP contribution < -0.4 is 10.6 Å². The lowest BCUT2D eigenvalue weighted by molar-refractivity contribution is 0.175. The van der Waals surface area contributed by atoms with E-state index in [1.54, 1.807) is 0 Å². The van der Waals surface area contributed by atoms with Gasteiger partial charge in [-0.05, 0) is 51.4 Å². The van der Waals surface area contributed by atoms with E-state index in [1.165, 1.54) is 38.8 Å². The number of aromatic nitrogens is 1. The summed E-state index contributed by atoms with van der Waals surface area (Å²) in [6, 6.07) is 4.49. The van der Waals surface area contributed by atoms with Crippen LogP contribution in [0, 0.1) is 12.3 Å². The molecule has 0 saturated carbocycles. The lowest BCUT2D eigenvalue weighted by Gasteiger charge is -2.32. The Morgan fingerprint density at radius 3 is 2.71 bits per heavy atom. The van der Waals surface area contributed by atoms with E-state index in [4.69, 9.17) is 11.1 Å². The number of nitrogens with zero attached hydrogens (tertiary/aromatic N) is 3.